The normalized spacial score (nSPS) is 11.8. The van der Waals surface area contributed by atoms with Gasteiger partial charge in [0.1, 0.15) is 0 Å². The van der Waals surface area contributed by atoms with Gasteiger partial charge in [-0.15, -0.1) is 0 Å². The van der Waals surface area contributed by atoms with E-state index in [9.17, 15) is 13.2 Å². The fourth-order valence-corrected chi connectivity index (χ4v) is 3.23. The number of hydrogen-bond donors (Lipinski definition) is 2. The Hall–Kier alpha value is -1.67. The van der Waals surface area contributed by atoms with Crippen LogP contribution in [0.1, 0.15) is 13.8 Å². The van der Waals surface area contributed by atoms with E-state index in [4.69, 9.17) is 0 Å². The Kier molecular flexibility index (Phi) is 3.96. The van der Waals surface area contributed by atoms with Gasteiger partial charge in [-0.3, -0.25) is 9.52 Å². The van der Waals surface area contributed by atoms with Gasteiger partial charge in [-0.05, 0) is 18.2 Å². The highest BCUT2D eigenvalue weighted by molar-refractivity contribution is 7.92. The van der Waals surface area contributed by atoms with Crippen molar-refractivity contribution >= 4 is 48.3 Å². The SMILES string of the molecule is CC(C)C(=O)Nc1ccc2nc(NS(C)(=O)=O)sc2c1. The highest BCUT2D eigenvalue weighted by Crippen LogP contribution is 2.28. The summed E-state index contributed by atoms with van der Waals surface area (Å²) >= 11 is 1.22. The molecule has 0 radical (unpaired) electrons. The van der Waals surface area contributed by atoms with Crippen LogP contribution in [0.25, 0.3) is 10.2 Å². The second kappa shape index (κ2) is 5.37. The second-order valence-electron chi connectivity index (χ2n) is 4.72. The quantitative estimate of drug-likeness (QED) is 0.906. The largest absolute Gasteiger partial charge is 0.326 e. The molecule has 8 heteroatoms. The average molecular weight is 313 g/mol. The maximum absolute atomic E-state index is 11.6. The molecule has 0 spiro atoms. The molecule has 1 aromatic heterocycles. The standard InChI is InChI=1S/C12H15N3O3S2/c1-7(2)11(16)13-8-4-5-9-10(6-8)19-12(14-9)15-20(3,17)18/h4-7H,1-3H3,(H,13,16)(H,14,15). The molecule has 0 unspecified atom stereocenters. The van der Waals surface area contributed by atoms with Crippen molar-refractivity contribution in [3.05, 3.63) is 18.2 Å². The number of rotatable bonds is 4. The van der Waals surface area contributed by atoms with E-state index in [0.717, 1.165) is 11.0 Å². The van der Waals surface area contributed by atoms with E-state index in [1.807, 2.05) is 13.8 Å². The van der Waals surface area contributed by atoms with E-state index < -0.39 is 10.0 Å². The van der Waals surface area contributed by atoms with Crippen molar-refractivity contribution in [2.45, 2.75) is 13.8 Å². The molecule has 1 aromatic carbocycles. The van der Waals surface area contributed by atoms with Crippen LogP contribution in [0.3, 0.4) is 0 Å². The minimum atomic E-state index is -3.34. The van der Waals surface area contributed by atoms with Crippen molar-refractivity contribution in [3.63, 3.8) is 0 Å². The molecule has 0 fully saturated rings. The molecule has 0 aliphatic rings. The van der Waals surface area contributed by atoms with Crippen molar-refractivity contribution in [3.8, 4) is 0 Å². The highest BCUT2D eigenvalue weighted by Gasteiger charge is 2.11. The monoisotopic (exact) mass is 313 g/mol. The van der Waals surface area contributed by atoms with E-state index in [-0.39, 0.29) is 11.8 Å². The zero-order valence-electron chi connectivity index (χ0n) is 11.3. The van der Waals surface area contributed by atoms with Gasteiger partial charge in [0.05, 0.1) is 16.5 Å². The average Bonchev–Trinajstić information content (AvgIpc) is 2.67. The van der Waals surface area contributed by atoms with E-state index in [1.54, 1.807) is 18.2 Å². The van der Waals surface area contributed by atoms with E-state index in [0.29, 0.717) is 16.3 Å². The summed E-state index contributed by atoms with van der Waals surface area (Å²) in [5.74, 6) is -0.169. The first-order valence-electron chi connectivity index (χ1n) is 5.94. The number of carbonyl (C=O) groups excluding carboxylic acids is 1. The molecule has 1 heterocycles. The summed E-state index contributed by atoms with van der Waals surface area (Å²) < 4.78 is 25.5. The molecule has 0 bridgehead atoms. The van der Waals surface area contributed by atoms with Crippen molar-refractivity contribution in [2.24, 2.45) is 5.92 Å². The van der Waals surface area contributed by atoms with E-state index >= 15 is 0 Å². The van der Waals surface area contributed by atoms with Crippen LogP contribution >= 0.6 is 11.3 Å². The van der Waals surface area contributed by atoms with Crippen LogP contribution < -0.4 is 10.0 Å². The van der Waals surface area contributed by atoms with Crippen LogP contribution in [0.2, 0.25) is 0 Å². The number of nitrogens with one attached hydrogen (secondary N) is 2. The molecule has 0 saturated heterocycles. The summed E-state index contributed by atoms with van der Waals surface area (Å²) in [6, 6.07) is 5.27. The number of carbonyl (C=O) groups is 1. The molecule has 6 nitrogen and oxygen atoms in total. The minimum absolute atomic E-state index is 0.0663. The molecule has 108 valence electrons. The summed E-state index contributed by atoms with van der Waals surface area (Å²) in [6.45, 7) is 3.63. The lowest BCUT2D eigenvalue weighted by Gasteiger charge is -2.06. The third-order valence-corrected chi connectivity index (χ3v) is 4.08. The molecule has 0 saturated carbocycles. The van der Waals surface area contributed by atoms with Gasteiger partial charge in [0.25, 0.3) is 0 Å². The van der Waals surface area contributed by atoms with Crippen LogP contribution in [0, 0.1) is 5.92 Å². The van der Waals surface area contributed by atoms with Crippen molar-refractivity contribution in [1.82, 2.24) is 4.98 Å². The van der Waals surface area contributed by atoms with Crippen LogP contribution in [0.5, 0.6) is 0 Å². The van der Waals surface area contributed by atoms with Gasteiger partial charge < -0.3 is 5.32 Å². The van der Waals surface area contributed by atoms with Crippen LogP contribution in [-0.4, -0.2) is 25.6 Å². The Labute approximate surface area is 121 Å². The highest BCUT2D eigenvalue weighted by atomic mass is 32.2. The maximum Gasteiger partial charge on any atom is 0.231 e. The minimum Gasteiger partial charge on any atom is -0.326 e. The van der Waals surface area contributed by atoms with Gasteiger partial charge in [-0.25, -0.2) is 13.4 Å². The van der Waals surface area contributed by atoms with Gasteiger partial charge in [-0.1, -0.05) is 25.2 Å². The fourth-order valence-electron chi connectivity index (χ4n) is 1.49. The second-order valence-corrected chi connectivity index (χ2v) is 7.50. The van der Waals surface area contributed by atoms with E-state index in [2.05, 4.69) is 15.0 Å². The van der Waals surface area contributed by atoms with E-state index in [1.165, 1.54) is 11.3 Å². The van der Waals surface area contributed by atoms with Gasteiger partial charge in [-0.2, -0.15) is 0 Å². The summed E-state index contributed by atoms with van der Waals surface area (Å²) in [4.78, 5) is 15.8. The zero-order valence-corrected chi connectivity index (χ0v) is 12.9. The molecule has 2 rings (SSSR count). The Morgan fingerprint density at radius 2 is 2.05 bits per heavy atom. The summed E-state index contributed by atoms with van der Waals surface area (Å²) in [6.07, 6.45) is 1.08. The Bertz CT molecular complexity index is 750. The summed E-state index contributed by atoms with van der Waals surface area (Å²) in [7, 11) is -3.34. The predicted molar refractivity (Wildman–Crippen MR) is 81.6 cm³/mol. The van der Waals surface area contributed by atoms with Gasteiger partial charge in [0.2, 0.25) is 15.9 Å². The smallest absolute Gasteiger partial charge is 0.231 e. The first-order chi connectivity index (χ1) is 9.24. The zero-order chi connectivity index (χ0) is 14.9. The molecule has 0 atom stereocenters. The van der Waals surface area contributed by atoms with Crippen LogP contribution in [-0.2, 0) is 14.8 Å². The number of thiazole rings is 1. The molecule has 0 aliphatic carbocycles. The number of hydrogen-bond acceptors (Lipinski definition) is 5. The predicted octanol–water partition coefficient (Wildman–Crippen LogP) is 2.26. The number of aromatic nitrogens is 1. The lowest BCUT2D eigenvalue weighted by atomic mass is 10.2. The van der Waals surface area contributed by atoms with Gasteiger partial charge in [0, 0.05) is 11.6 Å². The van der Waals surface area contributed by atoms with Crippen molar-refractivity contribution in [1.29, 1.82) is 0 Å². The Morgan fingerprint density at radius 1 is 1.35 bits per heavy atom. The molecule has 2 aromatic rings. The summed E-state index contributed by atoms with van der Waals surface area (Å²) in [5.41, 5.74) is 1.36. The Morgan fingerprint density at radius 3 is 2.65 bits per heavy atom. The van der Waals surface area contributed by atoms with Crippen molar-refractivity contribution in [2.75, 3.05) is 16.3 Å². The topological polar surface area (TPSA) is 88.2 Å². The lowest BCUT2D eigenvalue weighted by Crippen LogP contribution is -2.17. The molecule has 2 N–H and O–H groups in total. The Balaban J connectivity index is 2.28. The molecule has 0 aliphatic heterocycles. The first kappa shape index (κ1) is 14.7. The maximum atomic E-state index is 11.6. The lowest BCUT2D eigenvalue weighted by molar-refractivity contribution is -0.118. The van der Waals surface area contributed by atoms with Gasteiger partial charge in [0.15, 0.2) is 5.13 Å². The molecule has 1 amide bonds. The third-order valence-electron chi connectivity index (χ3n) is 2.45. The number of amides is 1. The van der Waals surface area contributed by atoms with Crippen molar-refractivity contribution < 1.29 is 13.2 Å². The fraction of sp³-hybridized carbons (Fsp3) is 0.333. The third kappa shape index (κ3) is 3.67. The number of nitrogens with zero attached hydrogens (tertiary/aromatic N) is 1. The molecule has 20 heavy (non-hydrogen) atoms. The van der Waals surface area contributed by atoms with Crippen LogP contribution in [0.15, 0.2) is 18.2 Å². The number of sulfonamides is 1. The summed E-state index contributed by atoms with van der Waals surface area (Å²) in [5, 5.41) is 3.11. The molecular weight excluding hydrogens is 298 g/mol. The van der Waals surface area contributed by atoms with Crippen LogP contribution in [0.4, 0.5) is 10.8 Å². The molecular formula is C12H15N3O3S2. The first-order valence-corrected chi connectivity index (χ1v) is 8.64. The number of benzene rings is 1. The number of fused-ring (bicyclic) bond motifs is 1. The number of anilines is 2. The van der Waals surface area contributed by atoms with Gasteiger partial charge >= 0.3 is 0 Å².